The number of aryl methyl sites for hydroxylation is 1. The molecule has 5 heteroatoms. The van der Waals surface area contributed by atoms with E-state index < -0.39 is 0 Å². The van der Waals surface area contributed by atoms with Gasteiger partial charge < -0.3 is 10.6 Å². The highest BCUT2D eigenvalue weighted by atomic mass is 32.2. The Balaban J connectivity index is 2.35. The van der Waals surface area contributed by atoms with Crippen LogP contribution in [-0.2, 0) is 0 Å². The Morgan fingerprint density at radius 3 is 2.76 bits per heavy atom. The van der Waals surface area contributed by atoms with E-state index in [1.54, 1.807) is 0 Å². The molecule has 0 bridgehead atoms. The number of nitrogens with zero attached hydrogens (tertiary/aromatic N) is 3. The third-order valence-electron chi connectivity index (χ3n) is 3.38. The van der Waals surface area contributed by atoms with Gasteiger partial charge in [0.15, 0.2) is 5.82 Å². The molecule has 1 atom stereocenters. The molecule has 1 aliphatic rings. The van der Waals surface area contributed by atoms with E-state index >= 15 is 0 Å². The van der Waals surface area contributed by atoms with Crippen LogP contribution in [-0.4, -0.2) is 34.4 Å². The Bertz CT molecular complexity index is 393. The Kier molecular flexibility index (Phi) is 3.56. The van der Waals surface area contributed by atoms with Gasteiger partial charge in [-0.15, -0.1) is 0 Å². The van der Waals surface area contributed by atoms with Crippen LogP contribution in [0.1, 0.15) is 32.0 Å². The number of aromatic nitrogens is 2. The molecule has 96 valence electrons. The highest BCUT2D eigenvalue weighted by molar-refractivity contribution is 7.99. The van der Waals surface area contributed by atoms with Crippen LogP contribution in [0.4, 0.5) is 11.5 Å². The molecule has 1 fully saturated rings. The molecule has 1 aromatic rings. The van der Waals surface area contributed by atoms with Crippen LogP contribution < -0.4 is 10.6 Å². The fraction of sp³-hybridized carbons (Fsp3) is 0.750. The lowest BCUT2D eigenvalue weighted by atomic mass is 10.2. The highest BCUT2D eigenvalue weighted by Crippen LogP contribution is 2.33. The summed E-state index contributed by atoms with van der Waals surface area (Å²) in [6.07, 6.45) is 1.24. The maximum Gasteiger partial charge on any atom is 0.150 e. The quantitative estimate of drug-likeness (QED) is 0.899. The lowest BCUT2D eigenvalue weighted by Crippen LogP contribution is -2.34. The number of hydrogen-bond donors (Lipinski definition) is 1. The average Bonchev–Trinajstić information content (AvgIpc) is 2.88. The maximum atomic E-state index is 6.18. The molecule has 2 rings (SSSR count). The fourth-order valence-electron chi connectivity index (χ4n) is 2.26. The number of rotatable bonds is 3. The van der Waals surface area contributed by atoms with E-state index in [2.05, 4.69) is 30.9 Å². The van der Waals surface area contributed by atoms with Crippen molar-refractivity contribution in [3.8, 4) is 0 Å². The van der Waals surface area contributed by atoms with Gasteiger partial charge in [0, 0.05) is 24.9 Å². The number of hydrogen-bond acceptors (Lipinski definition) is 4. The van der Waals surface area contributed by atoms with E-state index in [0.29, 0.717) is 12.1 Å². The summed E-state index contributed by atoms with van der Waals surface area (Å²) in [4.78, 5) is 2.31. The lowest BCUT2D eigenvalue weighted by molar-refractivity contribution is 0.517. The molecule has 17 heavy (non-hydrogen) atoms. The van der Waals surface area contributed by atoms with Crippen molar-refractivity contribution in [2.24, 2.45) is 0 Å². The van der Waals surface area contributed by atoms with Crippen molar-refractivity contribution in [2.45, 2.75) is 39.3 Å². The smallest absolute Gasteiger partial charge is 0.150 e. The summed E-state index contributed by atoms with van der Waals surface area (Å²) >= 11 is 2.02. The molecule has 1 aromatic heterocycles. The number of nitrogens with two attached hydrogens (primary N) is 1. The van der Waals surface area contributed by atoms with Crippen LogP contribution in [0.2, 0.25) is 0 Å². The van der Waals surface area contributed by atoms with Crippen LogP contribution in [0.5, 0.6) is 0 Å². The second-order valence-electron chi connectivity index (χ2n) is 4.99. The summed E-state index contributed by atoms with van der Waals surface area (Å²) in [5, 5.41) is 4.55. The van der Waals surface area contributed by atoms with Gasteiger partial charge >= 0.3 is 0 Å². The van der Waals surface area contributed by atoms with Crippen LogP contribution >= 0.6 is 11.8 Å². The van der Waals surface area contributed by atoms with Gasteiger partial charge in [-0.1, -0.05) is 0 Å². The second-order valence-corrected chi connectivity index (χ2v) is 6.14. The Hall–Kier alpha value is -0.840. The van der Waals surface area contributed by atoms with Gasteiger partial charge in [-0.25, -0.2) is 4.68 Å². The molecule has 1 unspecified atom stereocenters. The van der Waals surface area contributed by atoms with E-state index in [9.17, 15) is 0 Å². The van der Waals surface area contributed by atoms with Crippen molar-refractivity contribution >= 4 is 23.3 Å². The minimum absolute atomic E-state index is 0.345. The predicted octanol–water partition coefficient (Wildman–Crippen LogP) is 2.30. The van der Waals surface area contributed by atoms with Gasteiger partial charge in [0.25, 0.3) is 0 Å². The molecular formula is C12H22N4S. The molecule has 2 N–H and O–H groups in total. The first kappa shape index (κ1) is 12.6. The molecule has 0 spiro atoms. The van der Waals surface area contributed by atoms with Crippen molar-refractivity contribution in [1.82, 2.24) is 9.78 Å². The van der Waals surface area contributed by atoms with Crippen molar-refractivity contribution in [3.05, 3.63) is 5.69 Å². The SMILES string of the molecule is Cc1nn(C(C)C)c(N(C)C2CCSC2)c1N. The monoisotopic (exact) mass is 254 g/mol. The zero-order valence-corrected chi connectivity index (χ0v) is 11.9. The van der Waals surface area contributed by atoms with Crippen molar-refractivity contribution in [3.63, 3.8) is 0 Å². The minimum atomic E-state index is 0.345. The van der Waals surface area contributed by atoms with Gasteiger partial charge in [-0.05, 0) is 32.9 Å². The maximum absolute atomic E-state index is 6.18. The third kappa shape index (κ3) is 2.25. The van der Waals surface area contributed by atoms with E-state index in [-0.39, 0.29) is 0 Å². The predicted molar refractivity (Wildman–Crippen MR) is 75.9 cm³/mol. The van der Waals surface area contributed by atoms with Gasteiger partial charge in [0.1, 0.15) is 0 Å². The number of thioether (sulfide) groups is 1. The lowest BCUT2D eigenvalue weighted by Gasteiger charge is -2.28. The van der Waals surface area contributed by atoms with Crippen LogP contribution in [0.3, 0.4) is 0 Å². The van der Waals surface area contributed by atoms with Gasteiger partial charge in [-0.2, -0.15) is 16.9 Å². The molecular weight excluding hydrogens is 232 g/mol. The molecule has 1 saturated heterocycles. The van der Waals surface area contributed by atoms with Crippen LogP contribution in [0, 0.1) is 6.92 Å². The van der Waals surface area contributed by atoms with E-state index in [4.69, 9.17) is 5.73 Å². The van der Waals surface area contributed by atoms with E-state index in [1.165, 1.54) is 17.9 Å². The largest absolute Gasteiger partial charge is 0.394 e. The fourth-order valence-corrected chi connectivity index (χ4v) is 3.53. The third-order valence-corrected chi connectivity index (χ3v) is 4.53. The molecule has 0 saturated carbocycles. The number of anilines is 2. The zero-order chi connectivity index (χ0) is 12.6. The Morgan fingerprint density at radius 2 is 2.24 bits per heavy atom. The second kappa shape index (κ2) is 4.80. The Morgan fingerprint density at radius 1 is 1.53 bits per heavy atom. The molecule has 0 aliphatic carbocycles. The van der Waals surface area contributed by atoms with E-state index in [1.807, 2.05) is 23.4 Å². The van der Waals surface area contributed by atoms with Gasteiger partial charge in [0.05, 0.1) is 11.4 Å². The van der Waals surface area contributed by atoms with Crippen molar-refractivity contribution < 1.29 is 0 Å². The van der Waals surface area contributed by atoms with Gasteiger partial charge in [0.2, 0.25) is 0 Å². The van der Waals surface area contributed by atoms with Gasteiger partial charge in [-0.3, -0.25) is 0 Å². The zero-order valence-electron chi connectivity index (χ0n) is 11.1. The topological polar surface area (TPSA) is 47.1 Å². The first-order chi connectivity index (χ1) is 8.02. The van der Waals surface area contributed by atoms with Crippen molar-refractivity contribution in [1.29, 1.82) is 0 Å². The van der Waals surface area contributed by atoms with E-state index in [0.717, 1.165) is 17.2 Å². The normalized spacial score (nSPS) is 20.2. The molecule has 2 heterocycles. The first-order valence-corrected chi connectivity index (χ1v) is 7.33. The highest BCUT2D eigenvalue weighted by Gasteiger charge is 2.26. The Labute approximate surface area is 108 Å². The van der Waals surface area contributed by atoms with Crippen LogP contribution in [0.15, 0.2) is 0 Å². The summed E-state index contributed by atoms with van der Waals surface area (Å²) in [6, 6.07) is 0.938. The molecule has 1 aliphatic heterocycles. The van der Waals surface area contributed by atoms with Crippen LogP contribution in [0.25, 0.3) is 0 Å². The first-order valence-electron chi connectivity index (χ1n) is 6.17. The molecule has 0 aromatic carbocycles. The van der Waals surface area contributed by atoms with Crippen molar-refractivity contribution in [2.75, 3.05) is 29.2 Å². The molecule has 4 nitrogen and oxygen atoms in total. The summed E-state index contributed by atoms with van der Waals surface area (Å²) in [5.74, 6) is 3.53. The number of nitrogen functional groups attached to an aromatic ring is 1. The summed E-state index contributed by atoms with van der Waals surface area (Å²) < 4.78 is 2.05. The standard InChI is InChI=1S/C12H22N4S/c1-8(2)16-12(11(13)9(3)14-16)15(4)10-5-6-17-7-10/h8,10H,5-7,13H2,1-4H3. The molecule has 0 radical (unpaired) electrons. The summed E-state index contributed by atoms with van der Waals surface area (Å²) in [6.45, 7) is 6.27. The molecule has 0 amide bonds. The average molecular weight is 254 g/mol. The summed E-state index contributed by atoms with van der Waals surface area (Å²) in [5.41, 5.74) is 7.95. The summed E-state index contributed by atoms with van der Waals surface area (Å²) in [7, 11) is 2.14. The minimum Gasteiger partial charge on any atom is -0.394 e.